The third-order valence-corrected chi connectivity index (χ3v) is 7.14. The molecule has 0 saturated heterocycles. The largest absolute Gasteiger partial charge is 0.493 e. The maximum atomic E-state index is 13.7. The molecule has 7 nitrogen and oxygen atoms in total. The van der Waals surface area contributed by atoms with E-state index in [1.807, 2.05) is 47.4 Å². The van der Waals surface area contributed by atoms with Gasteiger partial charge in [-0.25, -0.2) is 0 Å². The van der Waals surface area contributed by atoms with E-state index in [1.54, 1.807) is 25.3 Å². The van der Waals surface area contributed by atoms with Crippen molar-refractivity contribution in [2.45, 2.75) is 51.7 Å². The van der Waals surface area contributed by atoms with Crippen molar-refractivity contribution in [1.29, 1.82) is 0 Å². The van der Waals surface area contributed by atoms with Crippen LogP contribution in [0.25, 0.3) is 0 Å². The Morgan fingerprint density at radius 1 is 0.868 bits per heavy atom. The number of hydrogen-bond acceptors (Lipinski definition) is 5. The van der Waals surface area contributed by atoms with Crippen LogP contribution < -0.4 is 20.5 Å². The van der Waals surface area contributed by atoms with Gasteiger partial charge in [0.2, 0.25) is 5.91 Å². The van der Waals surface area contributed by atoms with Crippen molar-refractivity contribution in [1.82, 2.24) is 4.90 Å². The summed E-state index contributed by atoms with van der Waals surface area (Å²) in [5.41, 5.74) is 9.94. The molecule has 0 spiro atoms. The van der Waals surface area contributed by atoms with Crippen LogP contribution in [0.15, 0.2) is 66.7 Å². The van der Waals surface area contributed by atoms with Crippen molar-refractivity contribution < 1.29 is 19.1 Å². The average molecular weight is 516 g/mol. The van der Waals surface area contributed by atoms with Crippen molar-refractivity contribution in [2.75, 3.05) is 19.5 Å². The molecular weight excluding hydrogens is 478 g/mol. The first-order valence-electron chi connectivity index (χ1n) is 13.2. The predicted molar refractivity (Wildman–Crippen MR) is 149 cm³/mol. The van der Waals surface area contributed by atoms with Crippen LogP contribution in [0, 0.1) is 5.92 Å². The number of carbonyl (C=O) groups is 2. The van der Waals surface area contributed by atoms with Gasteiger partial charge in [-0.2, -0.15) is 0 Å². The summed E-state index contributed by atoms with van der Waals surface area (Å²) in [5.74, 6) is 0.982. The molecule has 0 radical (unpaired) electrons. The lowest BCUT2D eigenvalue weighted by atomic mass is 9.88. The lowest BCUT2D eigenvalue weighted by Gasteiger charge is -2.30. The van der Waals surface area contributed by atoms with Gasteiger partial charge in [0.25, 0.3) is 5.91 Å². The molecule has 3 aromatic rings. The van der Waals surface area contributed by atoms with Crippen LogP contribution in [0.4, 0.5) is 5.69 Å². The molecular formula is C31H37N3O4. The summed E-state index contributed by atoms with van der Waals surface area (Å²) < 4.78 is 10.6. The van der Waals surface area contributed by atoms with Gasteiger partial charge in [0.1, 0.15) is 0 Å². The van der Waals surface area contributed by atoms with Crippen molar-refractivity contribution in [3.63, 3.8) is 0 Å². The zero-order chi connectivity index (χ0) is 26.9. The van der Waals surface area contributed by atoms with Gasteiger partial charge in [0, 0.05) is 36.8 Å². The highest BCUT2D eigenvalue weighted by Gasteiger charge is 2.27. The second-order valence-electron chi connectivity index (χ2n) is 9.73. The van der Waals surface area contributed by atoms with Gasteiger partial charge in [-0.15, -0.1) is 0 Å². The molecule has 0 aliphatic heterocycles. The highest BCUT2D eigenvalue weighted by Crippen LogP contribution is 2.30. The predicted octanol–water partition coefficient (Wildman–Crippen LogP) is 5.52. The molecule has 7 heteroatoms. The van der Waals surface area contributed by atoms with Crippen LogP contribution in [0.1, 0.15) is 59.2 Å². The van der Waals surface area contributed by atoms with Gasteiger partial charge in [0.15, 0.2) is 11.5 Å². The fraction of sp³-hybridized carbons (Fsp3) is 0.355. The van der Waals surface area contributed by atoms with Crippen molar-refractivity contribution >= 4 is 17.5 Å². The zero-order valence-electron chi connectivity index (χ0n) is 22.2. The first-order chi connectivity index (χ1) is 18.5. The second kappa shape index (κ2) is 13.1. The van der Waals surface area contributed by atoms with E-state index in [-0.39, 0.29) is 17.7 Å². The molecule has 3 aromatic carbocycles. The van der Waals surface area contributed by atoms with Crippen molar-refractivity contribution in [3.05, 3.63) is 89.0 Å². The molecule has 0 atom stereocenters. The lowest BCUT2D eigenvalue weighted by molar-refractivity contribution is -0.137. The SMILES string of the molecule is COc1ccc(C(=O)Nc2ccccc2CN(Cc2cccc(CN)c2)C(=O)C2CCCCC2)cc1OC. The van der Waals surface area contributed by atoms with Gasteiger partial charge >= 0.3 is 0 Å². The van der Waals surface area contributed by atoms with Crippen LogP contribution in [0.3, 0.4) is 0 Å². The molecule has 1 saturated carbocycles. The number of para-hydroxylation sites is 1. The first-order valence-corrected chi connectivity index (χ1v) is 13.2. The Hall–Kier alpha value is -3.84. The molecule has 2 amide bonds. The standard InChI is InChI=1S/C31H37N3O4/c1-37-28-16-15-25(18-29(28)38-2)30(35)33-27-14-7-6-13-26(27)21-34(31(36)24-11-4-3-5-12-24)20-23-10-8-9-22(17-23)19-32/h6-10,13-18,24H,3-5,11-12,19-21,32H2,1-2H3,(H,33,35). The minimum atomic E-state index is -0.265. The molecule has 0 heterocycles. The maximum absolute atomic E-state index is 13.7. The number of nitrogens with zero attached hydrogens (tertiary/aromatic N) is 1. The molecule has 1 fully saturated rings. The first kappa shape index (κ1) is 27.2. The van der Waals surface area contributed by atoms with Crippen molar-refractivity contribution in [3.8, 4) is 11.5 Å². The summed E-state index contributed by atoms with van der Waals surface area (Å²) in [4.78, 5) is 28.8. The number of rotatable bonds is 10. The Kier molecular flexibility index (Phi) is 9.38. The third-order valence-electron chi connectivity index (χ3n) is 7.14. The number of carbonyl (C=O) groups excluding carboxylic acids is 2. The Bertz CT molecular complexity index is 1250. The molecule has 38 heavy (non-hydrogen) atoms. The van der Waals surface area contributed by atoms with Crippen LogP contribution in [-0.2, 0) is 24.4 Å². The lowest BCUT2D eigenvalue weighted by Crippen LogP contribution is -2.36. The maximum Gasteiger partial charge on any atom is 0.255 e. The van der Waals surface area contributed by atoms with Crippen LogP contribution in [-0.4, -0.2) is 30.9 Å². The van der Waals surface area contributed by atoms with E-state index in [1.165, 1.54) is 13.5 Å². The number of nitrogens with two attached hydrogens (primary N) is 1. The Labute approximate surface area is 224 Å². The van der Waals surface area contributed by atoms with Crippen LogP contribution in [0.5, 0.6) is 11.5 Å². The highest BCUT2D eigenvalue weighted by atomic mass is 16.5. The van der Waals surface area contributed by atoms with E-state index >= 15 is 0 Å². The van der Waals surface area contributed by atoms with Crippen LogP contribution >= 0.6 is 0 Å². The minimum absolute atomic E-state index is 0.0370. The minimum Gasteiger partial charge on any atom is -0.493 e. The van der Waals surface area contributed by atoms with Gasteiger partial charge in [-0.3, -0.25) is 9.59 Å². The number of methoxy groups -OCH3 is 2. The summed E-state index contributed by atoms with van der Waals surface area (Å²) in [6, 6.07) is 20.8. The van der Waals surface area contributed by atoms with E-state index < -0.39 is 0 Å². The van der Waals surface area contributed by atoms with Gasteiger partial charge < -0.3 is 25.4 Å². The number of anilines is 1. The van der Waals surface area contributed by atoms with Crippen LogP contribution in [0.2, 0.25) is 0 Å². The summed E-state index contributed by atoms with van der Waals surface area (Å²) in [7, 11) is 3.09. The van der Waals surface area contributed by atoms with E-state index in [4.69, 9.17) is 15.2 Å². The fourth-order valence-electron chi connectivity index (χ4n) is 5.05. The zero-order valence-corrected chi connectivity index (χ0v) is 22.2. The summed E-state index contributed by atoms with van der Waals surface area (Å²) >= 11 is 0. The average Bonchev–Trinajstić information content (AvgIpc) is 2.97. The molecule has 1 aliphatic rings. The second-order valence-corrected chi connectivity index (χ2v) is 9.73. The number of ether oxygens (including phenoxy) is 2. The number of hydrogen-bond donors (Lipinski definition) is 2. The molecule has 0 bridgehead atoms. The number of amides is 2. The fourth-order valence-corrected chi connectivity index (χ4v) is 5.05. The third kappa shape index (κ3) is 6.72. The normalized spacial score (nSPS) is 13.6. The summed E-state index contributed by atoms with van der Waals surface area (Å²) in [6.45, 7) is 1.33. The van der Waals surface area contributed by atoms with E-state index in [0.717, 1.165) is 42.4 Å². The molecule has 200 valence electrons. The smallest absolute Gasteiger partial charge is 0.255 e. The molecule has 0 unspecified atom stereocenters. The van der Waals surface area contributed by atoms with Gasteiger partial charge in [0.05, 0.1) is 14.2 Å². The topological polar surface area (TPSA) is 93.9 Å². The highest BCUT2D eigenvalue weighted by molar-refractivity contribution is 6.05. The van der Waals surface area contributed by atoms with E-state index in [2.05, 4.69) is 11.4 Å². The van der Waals surface area contributed by atoms with Gasteiger partial charge in [-0.05, 0) is 53.8 Å². The number of benzene rings is 3. The molecule has 3 N–H and O–H groups in total. The Balaban J connectivity index is 1.58. The summed E-state index contributed by atoms with van der Waals surface area (Å²) in [5, 5.41) is 3.03. The monoisotopic (exact) mass is 515 g/mol. The van der Waals surface area contributed by atoms with Gasteiger partial charge in [-0.1, -0.05) is 61.7 Å². The molecule has 1 aliphatic carbocycles. The Morgan fingerprint density at radius 2 is 1.61 bits per heavy atom. The molecule has 0 aromatic heterocycles. The van der Waals surface area contributed by atoms with E-state index in [0.29, 0.717) is 42.4 Å². The Morgan fingerprint density at radius 3 is 2.34 bits per heavy atom. The molecule has 4 rings (SSSR count). The summed E-state index contributed by atoms with van der Waals surface area (Å²) in [6.07, 6.45) is 5.22. The van der Waals surface area contributed by atoms with E-state index in [9.17, 15) is 9.59 Å². The quantitative estimate of drug-likeness (QED) is 0.371. The van der Waals surface area contributed by atoms with Crippen molar-refractivity contribution in [2.24, 2.45) is 11.7 Å². The number of nitrogens with one attached hydrogen (secondary N) is 1.